The number of halogens is 1. The molecule has 0 aliphatic rings. The monoisotopic (exact) mass is 470 g/mol. The first-order valence-corrected chi connectivity index (χ1v) is 10.3. The van der Waals surface area contributed by atoms with E-state index in [0.29, 0.717) is 12.1 Å². The molecule has 30 heavy (non-hydrogen) atoms. The molecule has 3 amide bonds. The highest BCUT2D eigenvalue weighted by molar-refractivity contribution is 9.10. The number of aromatic nitrogens is 1. The van der Waals surface area contributed by atoms with Crippen LogP contribution in [0.4, 0.5) is 5.69 Å². The number of nitrogens with zero attached hydrogens (tertiary/aromatic N) is 1. The summed E-state index contributed by atoms with van der Waals surface area (Å²) in [5, 5.41) is 6.48. The number of rotatable bonds is 7. The van der Waals surface area contributed by atoms with Crippen LogP contribution < -0.4 is 10.6 Å². The van der Waals surface area contributed by atoms with Gasteiger partial charge in [0.1, 0.15) is 6.04 Å². The van der Waals surface area contributed by atoms with Crippen LogP contribution in [0.5, 0.6) is 0 Å². The molecule has 0 saturated heterocycles. The van der Waals surface area contributed by atoms with Gasteiger partial charge in [-0.1, -0.05) is 30.3 Å². The van der Waals surface area contributed by atoms with E-state index >= 15 is 0 Å². The molecule has 3 N–H and O–H groups in total. The Labute approximate surface area is 183 Å². The number of H-pyrrole nitrogens is 1. The smallest absolute Gasteiger partial charge is 0.245 e. The topological polar surface area (TPSA) is 94.3 Å². The highest BCUT2D eigenvalue weighted by atomic mass is 79.9. The van der Waals surface area contributed by atoms with Gasteiger partial charge in [-0.15, -0.1) is 0 Å². The third-order valence-corrected chi connectivity index (χ3v) is 5.37. The average molecular weight is 471 g/mol. The first kappa shape index (κ1) is 21.6. The fourth-order valence-electron chi connectivity index (χ4n) is 3.28. The first-order chi connectivity index (χ1) is 14.3. The lowest BCUT2D eigenvalue weighted by Gasteiger charge is -2.24. The van der Waals surface area contributed by atoms with Crippen molar-refractivity contribution in [1.29, 1.82) is 0 Å². The quantitative estimate of drug-likeness (QED) is 0.495. The van der Waals surface area contributed by atoms with Gasteiger partial charge in [0.05, 0.1) is 12.2 Å². The van der Waals surface area contributed by atoms with Crippen molar-refractivity contribution in [2.75, 3.05) is 18.9 Å². The van der Waals surface area contributed by atoms with E-state index in [4.69, 9.17) is 0 Å². The van der Waals surface area contributed by atoms with Gasteiger partial charge in [-0.25, -0.2) is 0 Å². The fraction of sp³-hybridized carbons (Fsp3) is 0.227. The number of para-hydroxylation sites is 2. The Bertz CT molecular complexity index is 1080. The molecule has 0 saturated carbocycles. The average Bonchev–Trinajstić information content (AvgIpc) is 3.11. The van der Waals surface area contributed by atoms with E-state index in [1.165, 1.54) is 11.8 Å². The van der Waals surface area contributed by atoms with E-state index in [9.17, 15) is 14.4 Å². The predicted octanol–water partition coefficient (Wildman–Crippen LogP) is 3.07. The number of aromatic amines is 1. The molecule has 0 aliphatic heterocycles. The number of fused-ring (bicyclic) bond motifs is 1. The lowest BCUT2D eigenvalue weighted by atomic mass is 10.0. The zero-order chi connectivity index (χ0) is 21.7. The number of hydrogen-bond acceptors (Lipinski definition) is 3. The van der Waals surface area contributed by atoms with Gasteiger partial charge in [-0.2, -0.15) is 0 Å². The number of carbonyl (C=O) groups excluding carboxylic acids is 3. The minimum atomic E-state index is -0.775. The molecule has 1 aromatic heterocycles. The van der Waals surface area contributed by atoms with Crippen LogP contribution >= 0.6 is 15.9 Å². The van der Waals surface area contributed by atoms with Crippen molar-refractivity contribution in [2.24, 2.45) is 0 Å². The van der Waals surface area contributed by atoms with Crippen molar-refractivity contribution in [3.05, 3.63) is 64.8 Å². The lowest BCUT2D eigenvalue weighted by molar-refractivity contribution is -0.137. The Morgan fingerprint density at radius 3 is 2.53 bits per heavy atom. The molecule has 156 valence electrons. The number of anilines is 1. The lowest BCUT2D eigenvalue weighted by Crippen LogP contribution is -2.49. The fourth-order valence-corrected chi connectivity index (χ4v) is 3.66. The molecule has 0 bridgehead atoms. The zero-order valence-corrected chi connectivity index (χ0v) is 18.3. The van der Waals surface area contributed by atoms with Crippen molar-refractivity contribution in [3.8, 4) is 0 Å². The third kappa shape index (κ3) is 5.27. The van der Waals surface area contributed by atoms with Gasteiger partial charge in [0.2, 0.25) is 17.7 Å². The molecule has 3 aromatic rings. The molecule has 0 radical (unpaired) electrons. The van der Waals surface area contributed by atoms with Crippen molar-refractivity contribution >= 4 is 50.2 Å². The van der Waals surface area contributed by atoms with Crippen LogP contribution in [0.25, 0.3) is 10.9 Å². The standard InChI is InChI=1S/C22H23BrN4O3/c1-14(28)25-20(11-15-12-24-18-9-5-3-7-16(15)18)22(30)27(2)13-21(29)26-19-10-6-4-8-17(19)23/h3-10,12,20,24H,11,13H2,1-2H3,(H,25,28)(H,26,29). The molecular weight excluding hydrogens is 448 g/mol. The molecular formula is C22H23BrN4O3. The molecule has 0 spiro atoms. The summed E-state index contributed by atoms with van der Waals surface area (Å²) in [6.45, 7) is 1.24. The number of likely N-dealkylation sites (N-methyl/N-ethyl adjacent to an activating group) is 1. The summed E-state index contributed by atoms with van der Waals surface area (Å²) in [6, 6.07) is 14.2. The van der Waals surface area contributed by atoms with Crippen molar-refractivity contribution in [3.63, 3.8) is 0 Å². The minimum Gasteiger partial charge on any atom is -0.361 e. The van der Waals surface area contributed by atoms with Gasteiger partial charge in [0.25, 0.3) is 0 Å². The van der Waals surface area contributed by atoms with E-state index in [1.807, 2.05) is 48.7 Å². The number of benzene rings is 2. The second-order valence-corrected chi connectivity index (χ2v) is 7.89. The zero-order valence-electron chi connectivity index (χ0n) is 16.7. The van der Waals surface area contributed by atoms with Gasteiger partial charge in [-0.05, 0) is 39.7 Å². The number of nitrogens with one attached hydrogen (secondary N) is 3. The van der Waals surface area contributed by atoms with Crippen LogP contribution in [0.3, 0.4) is 0 Å². The highest BCUT2D eigenvalue weighted by Gasteiger charge is 2.25. The number of carbonyl (C=O) groups is 3. The second kappa shape index (κ2) is 9.58. The largest absolute Gasteiger partial charge is 0.361 e. The van der Waals surface area contributed by atoms with Gasteiger partial charge in [0, 0.05) is 42.0 Å². The highest BCUT2D eigenvalue weighted by Crippen LogP contribution is 2.21. The van der Waals surface area contributed by atoms with Gasteiger partial charge < -0.3 is 20.5 Å². The minimum absolute atomic E-state index is 0.135. The summed E-state index contributed by atoms with van der Waals surface area (Å²) in [7, 11) is 1.55. The maximum atomic E-state index is 13.0. The van der Waals surface area contributed by atoms with Crippen LogP contribution in [0.2, 0.25) is 0 Å². The van der Waals surface area contributed by atoms with Crippen molar-refractivity contribution < 1.29 is 14.4 Å². The maximum absolute atomic E-state index is 13.0. The first-order valence-electron chi connectivity index (χ1n) is 9.46. The molecule has 1 atom stereocenters. The normalized spacial score (nSPS) is 11.7. The molecule has 0 fully saturated rings. The Kier molecular flexibility index (Phi) is 6.89. The Morgan fingerprint density at radius 2 is 1.80 bits per heavy atom. The van der Waals surface area contributed by atoms with Crippen LogP contribution in [0.1, 0.15) is 12.5 Å². The molecule has 2 aromatic carbocycles. The SMILES string of the molecule is CC(=O)NC(Cc1c[nH]c2ccccc12)C(=O)N(C)CC(=O)Nc1ccccc1Br. The van der Waals surface area contributed by atoms with Crippen molar-refractivity contribution in [2.45, 2.75) is 19.4 Å². The summed E-state index contributed by atoms with van der Waals surface area (Å²) in [6.07, 6.45) is 2.16. The van der Waals surface area contributed by atoms with E-state index in [0.717, 1.165) is 20.9 Å². The van der Waals surface area contributed by atoms with Crippen molar-refractivity contribution in [1.82, 2.24) is 15.2 Å². The Hall–Kier alpha value is -3.13. The summed E-state index contributed by atoms with van der Waals surface area (Å²) in [5.41, 5.74) is 2.51. The maximum Gasteiger partial charge on any atom is 0.245 e. The van der Waals surface area contributed by atoms with E-state index in [1.54, 1.807) is 13.1 Å². The number of amides is 3. The summed E-state index contributed by atoms with van der Waals surface area (Å²) >= 11 is 3.38. The molecule has 7 nitrogen and oxygen atoms in total. The summed E-state index contributed by atoms with van der Waals surface area (Å²) < 4.78 is 0.753. The van der Waals surface area contributed by atoms with E-state index in [2.05, 4.69) is 31.5 Å². The third-order valence-electron chi connectivity index (χ3n) is 4.68. The Balaban J connectivity index is 1.70. The molecule has 1 unspecified atom stereocenters. The van der Waals surface area contributed by atoms with E-state index < -0.39 is 6.04 Å². The molecule has 8 heteroatoms. The second-order valence-electron chi connectivity index (χ2n) is 7.04. The summed E-state index contributed by atoms with van der Waals surface area (Å²) in [5.74, 6) is -0.969. The van der Waals surface area contributed by atoms with Crippen LogP contribution in [0, 0.1) is 0 Å². The Morgan fingerprint density at radius 1 is 1.10 bits per heavy atom. The van der Waals surface area contributed by atoms with E-state index in [-0.39, 0.29) is 24.3 Å². The predicted molar refractivity (Wildman–Crippen MR) is 120 cm³/mol. The molecule has 0 aliphatic carbocycles. The molecule has 3 rings (SSSR count). The summed E-state index contributed by atoms with van der Waals surface area (Å²) in [4.78, 5) is 41.6. The van der Waals surface area contributed by atoms with Crippen LogP contribution in [0.15, 0.2) is 59.2 Å². The molecule has 1 heterocycles. The van der Waals surface area contributed by atoms with Gasteiger partial charge >= 0.3 is 0 Å². The van der Waals surface area contributed by atoms with Gasteiger partial charge in [0.15, 0.2) is 0 Å². The van der Waals surface area contributed by atoms with Gasteiger partial charge in [-0.3, -0.25) is 14.4 Å². The van der Waals surface area contributed by atoms with Crippen LogP contribution in [-0.2, 0) is 20.8 Å². The number of hydrogen-bond donors (Lipinski definition) is 3. The van der Waals surface area contributed by atoms with Crippen LogP contribution in [-0.4, -0.2) is 47.2 Å².